The largest absolute Gasteiger partial charge is 0.377 e. The SMILES string of the molecule is C=CC(=O)N1C(C(F)F)COC[C@H]1c1cc(Cl)nc(-c2ccn3ccnc3c2)c1. The second-order valence-electron chi connectivity index (χ2n) is 6.62. The van der Waals surface area contributed by atoms with E-state index in [-0.39, 0.29) is 18.4 Å². The molecule has 0 aliphatic carbocycles. The molecule has 29 heavy (non-hydrogen) atoms. The van der Waals surface area contributed by atoms with Crippen molar-refractivity contribution >= 4 is 23.2 Å². The number of imidazole rings is 1. The fourth-order valence-corrected chi connectivity index (χ4v) is 3.71. The number of hydrogen-bond acceptors (Lipinski definition) is 4. The average molecular weight is 419 g/mol. The zero-order valence-corrected chi connectivity index (χ0v) is 16.0. The lowest BCUT2D eigenvalue weighted by Gasteiger charge is -2.41. The number of aromatic nitrogens is 3. The Kier molecular flexibility index (Phi) is 5.29. The van der Waals surface area contributed by atoms with Gasteiger partial charge in [0.1, 0.15) is 16.8 Å². The van der Waals surface area contributed by atoms with E-state index >= 15 is 0 Å². The second-order valence-corrected chi connectivity index (χ2v) is 7.01. The first kappa shape index (κ1) is 19.5. The monoisotopic (exact) mass is 418 g/mol. The van der Waals surface area contributed by atoms with Crippen LogP contribution in [0.1, 0.15) is 11.6 Å². The van der Waals surface area contributed by atoms with Crippen molar-refractivity contribution in [2.45, 2.75) is 18.5 Å². The summed E-state index contributed by atoms with van der Waals surface area (Å²) in [6.07, 6.45) is 3.62. The van der Waals surface area contributed by atoms with Crippen molar-refractivity contribution in [2.24, 2.45) is 0 Å². The highest BCUT2D eigenvalue weighted by Crippen LogP contribution is 2.33. The lowest BCUT2D eigenvalue weighted by molar-refractivity contribution is -0.151. The van der Waals surface area contributed by atoms with E-state index in [1.807, 2.05) is 28.9 Å². The summed E-state index contributed by atoms with van der Waals surface area (Å²) in [5, 5.41) is 0.186. The normalized spacial score (nSPS) is 19.7. The third kappa shape index (κ3) is 3.73. The van der Waals surface area contributed by atoms with E-state index in [2.05, 4.69) is 16.5 Å². The number of carbonyl (C=O) groups is 1. The molecule has 1 fully saturated rings. The summed E-state index contributed by atoms with van der Waals surface area (Å²) in [6, 6.07) is 4.88. The minimum Gasteiger partial charge on any atom is -0.377 e. The molecule has 4 heterocycles. The number of morpholine rings is 1. The van der Waals surface area contributed by atoms with Crippen LogP contribution in [-0.2, 0) is 9.53 Å². The molecule has 3 aromatic rings. The maximum absolute atomic E-state index is 13.5. The quantitative estimate of drug-likeness (QED) is 0.478. The maximum Gasteiger partial charge on any atom is 0.260 e. The summed E-state index contributed by atoms with van der Waals surface area (Å²) in [5.41, 5.74) is 2.59. The van der Waals surface area contributed by atoms with Gasteiger partial charge >= 0.3 is 0 Å². The number of halogens is 3. The maximum atomic E-state index is 13.5. The van der Waals surface area contributed by atoms with Crippen LogP contribution < -0.4 is 0 Å². The Morgan fingerprint density at radius 1 is 1.31 bits per heavy atom. The predicted molar refractivity (Wildman–Crippen MR) is 104 cm³/mol. The number of alkyl halides is 2. The summed E-state index contributed by atoms with van der Waals surface area (Å²) in [6.45, 7) is 3.27. The van der Waals surface area contributed by atoms with Gasteiger partial charge in [0, 0.05) is 24.2 Å². The molecule has 1 unspecified atom stereocenters. The van der Waals surface area contributed by atoms with E-state index in [0.29, 0.717) is 11.3 Å². The Bertz CT molecular complexity index is 1070. The van der Waals surface area contributed by atoms with E-state index in [1.54, 1.807) is 18.3 Å². The molecule has 0 spiro atoms. The molecule has 1 aliphatic heterocycles. The van der Waals surface area contributed by atoms with E-state index in [4.69, 9.17) is 16.3 Å². The summed E-state index contributed by atoms with van der Waals surface area (Å²) in [7, 11) is 0. The van der Waals surface area contributed by atoms with Gasteiger partial charge in [-0.05, 0) is 35.9 Å². The number of nitrogens with zero attached hydrogens (tertiary/aromatic N) is 4. The highest BCUT2D eigenvalue weighted by molar-refractivity contribution is 6.29. The van der Waals surface area contributed by atoms with Crippen molar-refractivity contribution in [3.63, 3.8) is 0 Å². The van der Waals surface area contributed by atoms with Crippen LogP contribution in [0.2, 0.25) is 5.15 Å². The molecule has 1 aliphatic rings. The van der Waals surface area contributed by atoms with Crippen LogP contribution in [-0.4, -0.2) is 50.9 Å². The first-order valence-electron chi connectivity index (χ1n) is 8.89. The van der Waals surface area contributed by atoms with Gasteiger partial charge in [0.05, 0.1) is 24.9 Å². The summed E-state index contributed by atoms with van der Waals surface area (Å²) < 4.78 is 34.3. The lowest BCUT2D eigenvalue weighted by atomic mass is 10.0. The van der Waals surface area contributed by atoms with Crippen molar-refractivity contribution in [2.75, 3.05) is 13.2 Å². The van der Waals surface area contributed by atoms with Gasteiger partial charge in [-0.15, -0.1) is 0 Å². The minimum absolute atomic E-state index is 0.0713. The zero-order chi connectivity index (χ0) is 20.5. The zero-order valence-electron chi connectivity index (χ0n) is 15.2. The molecular weight excluding hydrogens is 402 g/mol. The molecule has 0 bridgehead atoms. The molecule has 4 rings (SSSR count). The van der Waals surface area contributed by atoms with E-state index in [1.165, 1.54) is 0 Å². The fourth-order valence-electron chi connectivity index (χ4n) is 3.49. The van der Waals surface area contributed by atoms with Crippen LogP contribution in [0.5, 0.6) is 0 Å². The second kappa shape index (κ2) is 7.88. The van der Waals surface area contributed by atoms with Gasteiger partial charge in [-0.1, -0.05) is 18.2 Å². The van der Waals surface area contributed by atoms with Crippen molar-refractivity contribution < 1.29 is 18.3 Å². The summed E-state index contributed by atoms with van der Waals surface area (Å²) in [5.74, 6) is -0.586. The molecule has 3 aromatic heterocycles. The van der Waals surface area contributed by atoms with Gasteiger partial charge in [-0.2, -0.15) is 0 Å². The Hall–Kier alpha value is -2.84. The van der Waals surface area contributed by atoms with Crippen molar-refractivity contribution in [1.29, 1.82) is 0 Å². The predicted octanol–water partition coefficient (Wildman–Crippen LogP) is 3.77. The molecule has 2 atom stereocenters. The van der Waals surface area contributed by atoms with Crippen molar-refractivity contribution in [1.82, 2.24) is 19.3 Å². The molecule has 6 nitrogen and oxygen atoms in total. The number of fused-ring (bicyclic) bond motifs is 1. The molecule has 1 saturated heterocycles. The van der Waals surface area contributed by atoms with Gasteiger partial charge in [0.25, 0.3) is 6.43 Å². The molecule has 150 valence electrons. The number of pyridine rings is 2. The Morgan fingerprint density at radius 2 is 2.14 bits per heavy atom. The fraction of sp³-hybridized carbons (Fsp3) is 0.250. The number of rotatable bonds is 4. The van der Waals surface area contributed by atoms with Gasteiger partial charge in [0.2, 0.25) is 5.91 Å². The minimum atomic E-state index is -2.75. The molecule has 1 amide bonds. The Balaban J connectivity index is 1.77. The van der Waals surface area contributed by atoms with Gasteiger partial charge in [-0.3, -0.25) is 4.79 Å². The molecule has 0 aromatic carbocycles. The van der Waals surface area contributed by atoms with Gasteiger partial charge < -0.3 is 14.0 Å². The van der Waals surface area contributed by atoms with E-state index in [0.717, 1.165) is 22.2 Å². The third-order valence-electron chi connectivity index (χ3n) is 4.87. The van der Waals surface area contributed by atoms with Crippen molar-refractivity contribution in [3.8, 4) is 11.3 Å². The third-order valence-corrected chi connectivity index (χ3v) is 5.07. The molecule has 9 heteroatoms. The van der Waals surface area contributed by atoms with Crippen molar-refractivity contribution in [3.05, 3.63) is 66.2 Å². The lowest BCUT2D eigenvalue weighted by Crippen LogP contribution is -2.53. The number of amides is 1. The molecule has 0 saturated carbocycles. The molecular formula is C20H17ClF2N4O2. The van der Waals surface area contributed by atoms with Crippen LogP contribution in [0.15, 0.2) is 55.5 Å². The Morgan fingerprint density at radius 3 is 2.90 bits per heavy atom. The van der Waals surface area contributed by atoms with Gasteiger partial charge in [0.15, 0.2) is 0 Å². The van der Waals surface area contributed by atoms with E-state index < -0.39 is 24.4 Å². The molecule has 0 N–H and O–H groups in total. The number of carbonyl (C=O) groups excluding carboxylic acids is 1. The first-order chi connectivity index (χ1) is 14.0. The smallest absolute Gasteiger partial charge is 0.260 e. The number of hydrogen-bond donors (Lipinski definition) is 0. The number of ether oxygens (including phenoxy) is 1. The standard InChI is InChI=1S/C20H17ClF2N4O2/c1-2-19(28)27-15(10-29-11-16(27)20(22)23)13-7-14(25-17(21)8-13)12-3-5-26-6-4-24-18(26)9-12/h2-9,15-16,20H,1,10-11H2/t15-,16?/m0/s1. The van der Waals surface area contributed by atoms with Crippen LogP contribution in [0.25, 0.3) is 16.9 Å². The van der Waals surface area contributed by atoms with E-state index in [9.17, 15) is 13.6 Å². The van der Waals surface area contributed by atoms with Gasteiger partial charge in [-0.25, -0.2) is 18.7 Å². The summed E-state index contributed by atoms with van der Waals surface area (Å²) in [4.78, 5) is 22.1. The topological polar surface area (TPSA) is 59.7 Å². The summed E-state index contributed by atoms with van der Waals surface area (Å²) >= 11 is 6.23. The Labute approximate surface area is 170 Å². The average Bonchev–Trinajstić information content (AvgIpc) is 3.20. The highest BCUT2D eigenvalue weighted by atomic mass is 35.5. The van der Waals surface area contributed by atoms with Crippen LogP contribution >= 0.6 is 11.6 Å². The van der Waals surface area contributed by atoms with Crippen LogP contribution in [0.3, 0.4) is 0 Å². The van der Waals surface area contributed by atoms with Crippen LogP contribution in [0, 0.1) is 0 Å². The molecule has 0 radical (unpaired) electrons. The first-order valence-corrected chi connectivity index (χ1v) is 9.27. The van der Waals surface area contributed by atoms with Crippen LogP contribution in [0.4, 0.5) is 8.78 Å². The highest BCUT2D eigenvalue weighted by Gasteiger charge is 2.40.